The van der Waals surface area contributed by atoms with Crippen LogP contribution in [0.25, 0.3) is 0 Å². The molecule has 1 rings (SSSR count). The Morgan fingerprint density at radius 3 is 2.33 bits per heavy atom. The van der Waals surface area contributed by atoms with Gasteiger partial charge in [-0.15, -0.1) is 0 Å². The quantitative estimate of drug-likeness (QED) is 0.765. The van der Waals surface area contributed by atoms with Crippen molar-refractivity contribution >= 4 is 10.0 Å². The molecular formula is C10H22N2O2S. The molecule has 0 radical (unpaired) electrons. The van der Waals surface area contributed by atoms with Crippen molar-refractivity contribution in [1.29, 1.82) is 0 Å². The number of nitrogens with one attached hydrogen (secondary N) is 1. The van der Waals surface area contributed by atoms with Crippen molar-refractivity contribution in [3.05, 3.63) is 0 Å². The first-order valence-corrected chi connectivity index (χ1v) is 7.34. The third-order valence-corrected chi connectivity index (χ3v) is 4.49. The Kier molecular flexibility index (Phi) is 5.02. The van der Waals surface area contributed by atoms with Crippen LogP contribution in [0.3, 0.4) is 0 Å². The van der Waals surface area contributed by atoms with Gasteiger partial charge in [-0.2, -0.15) is 0 Å². The van der Waals surface area contributed by atoms with E-state index < -0.39 is 10.0 Å². The molecule has 1 heterocycles. The molecule has 1 aliphatic rings. The van der Waals surface area contributed by atoms with Gasteiger partial charge in [-0.25, -0.2) is 12.7 Å². The van der Waals surface area contributed by atoms with E-state index >= 15 is 0 Å². The zero-order chi connectivity index (χ0) is 11.3. The average Bonchev–Trinajstić information content (AvgIpc) is 2.18. The molecular weight excluding hydrogens is 212 g/mol. The number of rotatable bonds is 5. The second-order valence-corrected chi connectivity index (χ2v) is 6.47. The number of nitrogens with zero attached hydrogens (tertiary/aromatic N) is 1. The van der Waals surface area contributed by atoms with Gasteiger partial charge in [0.1, 0.15) is 0 Å². The zero-order valence-electron chi connectivity index (χ0n) is 9.70. The van der Waals surface area contributed by atoms with Crippen LogP contribution in [0.15, 0.2) is 0 Å². The number of sulfonamides is 1. The second kappa shape index (κ2) is 5.82. The fourth-order valence-electron chi connectivity index (χ4n) is 1.75. The minimum Gasteiger partial charge on any atom is -0.313 e. The lowest BCUT2D eigenvalue weighted by Gasteiger charge is -2.26. The predicted molar refractivity (Wildman–Crippen MR) is 62.3 cm³/mol. The van der Waals surface area contributed by atoms with E-state index in [1.165, 1.54) is 0 Å². The topological polar surface area (TPSA) is 49.4 Å². The van der Waals surface area contributed by atoms with Crippen LogP contribution in [0.4, 0.5) is 0 Å². The molecule has 0 aromatic heterocycles. The van der Waals surface area contributed by atoms with Gasteiger partial charge in [-0.3, -0.25) is 0 Å². The maximum absolute atomic E-state index is 11.9. The van der Waals surface area contributed by atoms with Crippen LogP contribution in [0.5, 0.6) is 0 Å². The number of hydrogen-bond donors (Lipinski definition) is 1. The van der Waals surface area contributed by atoms with Gasteiger partial charge in [0.2, 0.25) is 10.0 Å². The molecule has 1 N–H and O–H groups in total. The third-order valence-electron chi connectivity index (χ3n) is 2.62. The molecule has 0 saturated carbocycles. The first-order valence-electron chi connectivity index (χ1n) is 5.73. The SMILES string of the molecule is CC(C)NCCS(=O)(=O)N1CCCCC1. The van der Waals surface area contributed by atoms with Crippen molar-refractivity contribution in [1.82, 2.24) is 9.62 Å². The Bertz CT molecular complexity index is 269. The summed E-state index contributed by atoms with van der Waals surface area (Å²) in [7, 11) is -3.01. The third kappa shape index (κ3) is 4.49. The molecule has 0 aliphatic carbocycles. The summed E-state index contributed by atoms with van der Waals surface area (Å²) < 4.78 is 25.3. The summed E-state index contributed by atoms with van der Waals surface area (Å²) in [6, 6.07) is 0.349. The first kappa shape index (κ1) is 12.9. The van der Waals surface area contributed by atoms with Crippen LogP contribution in [-0.2, 0) is 10.0 Å². The molecule has 1 saturated heterocycles. The van der Waals surface area contributed by atoms with E-state index in [1.54, 1.807) is 4.31 Å². The highest BCUT2D eigenvalue weighted by Crippen LogP contribution is 2.12. The van der Waals surface area contributed by atoms with E-state index in [-0.39, 0.29) is 5.75 Å². The highest BCUT2D eigenvalue weighted by atomic mass is 32.2. The molecule has 90 valence electrons. The van der Waals surface area contributed by atoms with Crippen LogP contribution >= 0.6 is 0 Å². The van der Waals surface area contributed by atoms with E-state index in [4.69, 9.17) is 0 Å². The molecule has 15 heavy (non-hydrogen) atoms. The number of piperidine rings is 1. The monoisotopic (exact) mass is 234 g/mol. The van der Waals surface area contributed by atoms with Crippen LogP contribution in [0.2, 0.25) is 0 Å². The smallest absolute Gasteiger partial charge is 0.215 e. The summed E-state index contributed by atoms with van der Waals surface area (Å²) in [6.45, 7) is 6.02. The normalized spacial score (nSPS) is 19.7. The van der Waals surface area contributed by atoms with Gasteiger partial charge >= 0.3 is 0 Å². The Hall–Kier alpha value is -0.130. The van der Waals surface area contributed by atoms with Crippen molar-refractivity contribution in [3.8, 4) is 0 Å². The van der Waals surface area contributed by atoms with Crippen LogP contribution < -0.4 is 5.32 Å². The van der Waals surface area contributed by atoms with Gasteiger partial charge in [0.25, 0.3) is 0 Å². The minimum absolute atomic E-state index is 0.227. The van der Waals surface area contributed by atoms with Gasteiger partial charge in [-0.05, 0) is 12.8 Å². The molecule has 0 unspecified atom stereocenters. The first-order chi connectivity index (χ1) is 7.02. The second-order valence-electron chi connectivity index (χ2n) is 4.38. The van der Waals surface area contributed by atoms with Gasteiger partial charge in [-0.1, -0.05) is 20.3 Å². The molecule has 0 bridgehead atoms. The maximum Gasteiger partial charge on any atom is 0.215 e. The molecule has 5 heteroatoms. The Morgan fingerprint density at radius 2 is 1.80 bits per heavy atom. The molecule has 0 spiro atoms. The summed E-state index contributed by atoms with van der Waals surface area (Å²) in [6.07, 6.45) is 3.18. The van der Waals surface area contributed by atoms with E-state index in [1.807, 2.05) is 13.8 Å². The van der Waals surface area contributed by atoms with Crippen molar-refractivity contribution in [2.45, 2.75) is 39.2 Å². The Balaban J connectivity index is 2.36. The summed E-state index contributed by atoms with van der Waals surface area (Å²) in [5.41, 5.74) is 0. The minimum atomic E-state index is -3.01. The van der Waals surface area contributed by atoms with Crippen LogP contribution in [-0.4, -0.2) is 44.2 Å². The standard InChI is InChI=1S/C10H22N2O2S/c1-10(2)11-6-9-15(13,14)12-7-4-3-5-8-12/h10-11H,3-9H2,1-2H3. The van der Waals surface area contributed by atoms with Gasteiger partial charge in [0, 0.05) is 25.7 Å². The van der Waals surface area contributed by atoms with Gasteiger partial charge in [0.15, 0.2) is 0 Å². The lowest BCUT2D eigenvalue weighted by Crippen LogP contribution is -2.40. The summed E-state index contributed by atoms with van der Waals surface area (Å²) in [5.74, 6) is 0.227. The fraction of sp³-hybridized carbons (Fsp3) is 1.00. The molecule has 1 fully saturated rings. The molecule has 0 amide bonds. The predicted octanol–water partition coefficient (Wildman–Crippen LogP) is 0.800. The van der Waals surface area contributed by atoms with Crippen molar-refractivity contribution in [3.63, 3.8) is 0 Å². The molecule has 4 nitrogen and oxygen atoms in total. The van der Waals surface area contributed by atoms with E-state index in [9.17, 15) is 8.42 Å². The van der Waals surface area contributed by atoms with Crippen LogP contribution in [0, 0.1) is 0 Å². The molecule has 0 aromatic carbocycles. The van der Waals surface area contributed by atoms with Gasteiger partial charge in [0.05, 0.1) is 5.75 Å². The van der Waals surface area contributed by atoms with Crippen molar-refractivity contribution in [2.24, 2.45) is 0 Å². The van der Waals surface area contributed by atoms with Gasteiger partial charge < -0.3 is 5.32 Å². The highest BCUT2D eigenvalue weighted by molar-refractivity contribution is 7.89. The fourth-order valence-corrected chi connectivity index (χ4v) is 3.20. The molecule has 1 aliphatic heterocycles. The number of hydrogen-bond acceptors (Lipinski definition) is 3. The lowest BCUT2D eigenvalue weighted by molar-refractivity contribution is 0.346. The lowest BCUT2D eigenvalue weighted by atomic mass is 10.2. The summed E-state index contributed by atoms with van der Waals surface area (Å²) >= 11 is 0. The molecule has 0 aromatic rings. The van der Waals surface area contributed by atoms with E-state index in [0.29, 0.717) is 25.7 Å². The Morgan fingerprint density at radius 1 is 1.20 bits per heavy atom. The summed E-state index contributed by atoms with van der Waals surface area (Å²) in [4.78, 5) is 0. The maximum atomic E-state index is 11.9. The van der Waals surface area contributed by atoms with Crippen molar-refractivity contribution < 1.29 is 8.42 Å². The van der Waals surface area contributed by atoms with Crippen LogP contribution in [0.1, 0.15) is 33.1 Å². The highest BCUT2D eigenvalue weighted by Gasteiger charge is 2.23. The molecule has 0 atom stereocenters. The van der Waals surface area contributed by atoms with E-state index in [2.05, 4.69) is 5.32 Å². The summed E-state index contributed by atoms with van der Waals surface area (Å²) in [5, 5.41) is 3.13. The Labute approximate surface area is 93.1 Å². The zero-order valence-corrected chi connectivity index (χ0v) is 10.5. The van der Waals surface area contributed by atoms with Crippen molar-refractivity contribution in [2.75, 3.05) is 25.4 Å². The van der Waals surface area contributed by atoms with E-state index in [0.717, 1.165) is 19.3 Å². The average molecular weight is 234 g/mol. The largest absolute Gasteiger partial charge is 0.313 e.